The molecule has 3 heteroatoms. The quantitative estimate of drug-likeness (QED) is 0.0683. The number of ether oxygens (including phenoxy) is 1. The number of rotatable bonds is 10. The van der Waals surface area contributed by atoms with E-state index < -0.39 is 5.97 Å². The van der Waals surface area contributed by atoms with Gasteiger partial charge in [-0.15, -0.1) is 0 Å². The lowest BCUT2D eigenvalue weighted by Gasteiger charge is -2.25. The topological polar surface area (TPSA) is 29.5 Å². The third kappa shape index (κ3) is 7.47. The maximum Gasteiger partial charge on any atom is 0.335 e. The Labute approximate surface area is 270 Å². The van der Waals surface area contributed by atoms with Gasteiger partial charge in [0.05, 0.1) is 0 Å². The molecule has 6 aromatic rings. The van der Waals surface area contributed by atoms with Crippen molar-refractivity contribution in [3.05, 3.63) is 204 Å². The Balaban J connectivity index is 1.25. The molecule has 0 atom stereocenters. The summed E-state index contributed by atoms with van der Waals surface area (Å²) < 4.78 is 5.16. The Morgan fingerprint density at radius 1 is 0.500 bits per heavy atom. The minimum Gasteiger partial charge on any atom is -0.423 e. The van der Waals surface area contributed by atoms with Crippen molar-refractivity contribution in [3.8, 4) is 5.75 Å². The molecule has 0 heterocycles. The number of nitrogens with zero attached hydrogens (tertiary/aromatic N) is 1. The predicted octanol–water partition coefficient (Wildman–Crippen LogP) is 11.0. The Morgan fingerprint density at radius 2 is 0.913 bits per heavy atom. The summed E-state index contributed by atoms with van der Waals surface area (Å²) in [6.07, 6.45) is 7.51. The van der Waals surface area contributed by atoms with Crippen molar-refractivity contribution in [1.29, 1.82) is 0 Å². The molecule has 0 radical (unpaired) electrons. The molecule has 0 aliphatic heterocycles. The van der Waals surface area contributed by atoms with E-state index in [2.05, 4.69) is 145 Å². The van der Waals surface area contributed by atoms with Crippen molar-refractivity contribution in [1.82, 2.24) is 0 Å². The molecule has 222 valence electrons. The van der Waals surface area contributed by atoms with Crippen molar-refractivity contribution in [2.24, 2.45) is 0 Å². The SMILES string of the molecule is C=CC(=O)Oc1ccc(C=Cc2ccc(N(c3ccccc3)c3ccc(C=C(c4ccccc4)c4ccccc4)cc3)cc2)cc1. The predicted molar refractivity (Wildman–Crippen MR) is 192 cm³/mol. The van der Waals surface area contributed by atoms with Crippen LogP contribution in [0.25, 0.3) is 23.8 Å². The first-order valence-electron chi connectivity index (χ1n) is 15.2. The molecule has 0 aliphatic rings. The van der Waals surface area contributed by atoms with Crippen LogP contribution < -0.4 is 9.64 Å². The molecule has 0 amide bonds. The van der Waals surface area contributed by atoms with Crippen LogP contribution >= 0.6 is 0 Å². The summed E-state index contributed by atoms with van der Waals surface area (Å²) in [5.74, 6) is 0.0188. The highest BCUT2D eigenvalue weighted by Gasteiger charge is 2.12. The number of carbonyl (C=O) groups is 1. The first kappa shape index (κ1) is 29.9. The van der Waals surface area contributed by atoms with Crippen LogP contribution in [0.1, 0.15) is 27.8 Å². The number of benzene rings is 6. The maximum atomic E-state index is 11.4. The van der Waals surface area contributed by atoms with Gasteiger partial charge >= 0.3 is 5.97 Å². The van der Waals surface area contributed by atoms with Crippen molar-refractivity contribution >= 4 is 46.8 Å². The molecule has 3 nitrogen and oxygen atoms in total. The lowest BCUT2D eigenvalue weighted by Crippen LogP contribution is -2.09. The Morgan fingerprint density at radius 3 is 1.39 bits per heavy atom. The standard InChI is InChI=1S/C43H33NO2/c1-2-43(45)46-41-30-24-34(25-31-41)19-18-33-20-26-39(27-21-33)44(38-16-10-5-11-17-38)40-28-22-35(23-29-40)32-42(36-12-6-3-7-13-36)37-14-8-4-9-15-37/h2-32H,1H2. The van der Waals surface area contributed by atoms with Crippen molar-refractivity contribution in [3.63, 3.8) is 0 Å². The second-order valence-electron chi connectivity index (χ2n) is 10.7. The molecule has 0 N–H and O–H groups in total. The lowest BCUT2D eigenvalue weighted by molar-refractivity contribution is -0.128. The number of hydrogen-bond acceptors (Lipinski definition) is 3. The highest BCUT2D eigenvalue weighted by molar-refractivity contribution is 5.92. The third-order valence-electron chi connectivity index (χ3n) is 7.53. The van der Waals surface area contributed by atoms with E-state index in [1.54, 1.807) is 12.1 Å². The first-order valence-corrected chi connectivity index (χ1v) is 15.2. The average Bonchev–Trinajstić information content (AvgIpc) is 3.13. The van der Waals surface area contributed by atoms with Crippen LogP contribution in [0.5, 0.6) is 5.75 Å². The largest absolute Gasteiger partial charge is 0.423 e. The minimum absolute atomic E-state index is 0.471. The van der Waals surface area contributed by atoms with E-state index in [4.69, 9.17) is 4.74 Å². The molecule has 0 aliphatic carbocycles. The highest BCUT2D eigenvalue weighted by Crippen LogP contribution is 2.35. The van der Waals surface area contributed by atoms with Crippen molar-refractivity contribution < 1.29 is 9.53 Å². The molecule has 0 aromatic heterocycles. The van der Waals surface area contributed by atoms with Gasteiger partial charge in [0.25, 0.3) is 0 Å². The molecular formula is C43H33NO2. The monoisotopic (exact) mass is 595 g/mol. The van der Waals surface area contributed by atoms with E-state index in [-0.39, 0.29) is 0 Å². The molecule has 46 heavy (non-hydrogen) atoms. The number of carbonyl (C=O) groups excluding carboxylic acids is 1. The van der Waals surface area contributed by atoms with Crippen LogP contribution in [0.15, 0.2) is 176 Å². The van der Waals surface area contributed by atoms with Crippen LogP contribution in [0.3, 0.4) is 0 Å². The zero-order valence-electron chi connectivity index (χ0n) is 25.4. The summed E-state index contributed by atoms with van der Waals surface area (Å²) in [4.78, 5) is 13.7. The van der Waals surface area contributed by atoms with Crippen LogP contribution in [-0.2, 0) is 4.79 Å². The zero-order chi connectivity index (χ0) is 31.6. The Bertz CT molecular complexity index is 1900. The zero-order valence-corrected chi connectivity index (χ0v) is 25.4. The average molecular weight is 596 g/mol. The summed E-state index contributed by atoms with van der Waals surface area (Å²) in [6.45, 7) is 3.43. The van der Waals surface area contributed by atoms with E-state index >= 15 is 0 Å². The minimum atomic E-state index is -0.471. The van der Waals surface area contributed by atoms with Gasteiger partial charge in [0.2, 0.25) is 0 Å². The van der Waals surface area contributed by atoms with Gasteiger partial charge < -0.3 is 9.64 Å². The molecule has 0 fully saturated rings. The number of esters is 1. The number of anilines is 3. The smallest absolute Gasteiger partial charge is 0.335 e. The number of hydrogen-bond donors (Lipinski definition) is 0. The second kappa shape index (κ2) is 14.5. The summed E-state index contributed by atoms with van der Waals surface area (Å²) in [5.41, 5.74) is 9.99. The van der Waals surface area contributed by atoms with E-state index in [1.807, 2.05) is 36.4 Å². The van der Waals surface area contributed by atoms with Gasteiger partial charge in [0.1, 0.15) is 5.75 Å². The van der Waals surface area contributed by atoms with Gasteiger partial charge in [-0.3, -0.25) is 0 Å². The van der Waals surface area contributed by atoms with Crippen molar-refractivity contribution in [2.75, 3.05) is 4.90 Å². The number of para-hydroxylation sites is 1. The molecule has 0 spiro atoms. The van der Waals surface area contributed by atoms with E-state index in [0.717, 1.165) is 39.8 Å². The Kier molecular flexibility index (Phi) is 9.43. The van der Waals surface area contributed by atoms with Crippen LogP contribution in [0, 0.1) is 0 Å². The van der Waals surface area contributed by atoms with Gasteiger partial charge in [-0.05, 0) is 88.0 Å². The lowest BCUT2D eigenvalue weighted by atomic mass is 9.95. The highest BCUT2D eigenvalue weighted by atomic mass is 16.5. The molecule has 6 rings (SSSR count). The molecule has 0 saturated carbocycles. The maximum absolute atomic E-state index is 11.4. The van der Waals surface area contributed by atoms with Crippen LogP contribution in [0.4, 0.5) is 17.1 Å². The summed E-state index contributed by atoms with van der Waals surface area (Å²) in [5, 5.41) is 0. The van der Waals surface area contributed by atoms with Gasteiger partial charge in [-0.25, -0.2) is 4.79 Å². The normalized spacial score (nSPS) is 10.7. The molecule has 0 bridgehead atoms. The van der Waals surface area contributed by atoms with Gasteiger partial charge in [0.15, 0.2) is 0 Å². The van der Waals surface area contributed by atoms with E-state index in [1.165, 1.54) is 16.7 Å². The summed E-state index contributed by atoms with van der Waals surface area (Å²) in [6, 6.07) is 56.0. The fourth-order valence-corrected chi connectivity index (χ4v) is 5.21. The molecule has 0 saturated heterocycles. The van der Waals surface area contributed by atoms with Gasteiger partial charge in [0, 0.05) is 23.1 Å². The second-order valence-corrected chi connectivity index (χ2v) is 10.7. The molecular weight excluding hydrogens is 562 g/mol. The van der Waals surface area contributed by atoms with Gasteiger partial charge in [-0.1, -0.05) is 134 Å². The summed E-state index contributed by atoms with van der Waals surface area (Å²) in [7, 11) is 0. The van der Waals surface area contributed by atoms with Crippen molar-refractivity contribution in [2.45, 2.75) is 0 Å². The fourth-order valence-electron chi connectivity index (χ4n) is 5.21. The Hall–Kier alpha value is -6.19. The third-order valence-corrected chi connectivity index (χ3v) is 7.53. The van der Waals surface area contributed by atoms with Crippen LogP contribution in [-0.4, -0.2) is 5.97 Å². The van der Waals surface area contributed by atoms with E-state index in [9.17, 15) is 4.79 Å². The molecule has 0 unspecified atom stereocenters. The first-order chi connectivity index (χ1) is 22.7. The van der Waals surface area contributed by atoms with E-state index in [0.29, 0.717) is 5.75 Å². The molecule has 6 aromatic carbocycles. The summed E-state index contributed by atoms with van der Waals surface area (Å²) >= 11 is 0. The fraction of sp³-hybridized carbons (Fsp3) is 0. The van der Waals surface area contributed by atoms with Gasteiger partial charge in [-0.2, -0.15) is 0 Å². The van der Waals surface area contributed by atoms with Crippen LogP contribution in [0.2, 0.25) is 0 Å².